The maximum absolute atomic E-state index is 12.9. The standard InChI is InChI=1S/C16H19N3O5/c1-23-15-11-12(19(21)22)4-5-13(15)18-6-2-3-14(16(18)20)17-7-9-24-10-8-17/h3-5,11H,2,6-10H2,1H3. The third-order valence-corrected chi connectivity index (χ3v) is 4.17. The Hall–Kier alpha value is -2.61. The largest absolute Gasteiger partial charge is 0.494 e. The van der Waals surface area contributed by atoms with Crippen molar-refractivity contribution >= 4 is 17.3 Å². The lowest BCUT2D eigenvalue weighted by Gasteiger charge is -2.36. The van der Waals surface area contributed by atoms with E-state index >= 15 is 0 Å². The molecule has 0 spiro atoms. The number of methoxy groups -OCH3 is 1. The number of anilines is 1. The van der Waals surface area contributed by atoms with Crippen molar-refractivity contribution in [3.05, 3.63) is 40.1 Å². The third kappa shape index (κ3) is 3.05. The topological polar surface area (TPSA) is 85.2 Å². The van der Waals surface area contributed by atoms with Gasteiger partial charge >= 0.3 is 0 Å². The number of morpholine rings is 1. The summed E-state index contributed by atoms with van der Waals surface area (Å²) >= 11 is 0. The highest BCUT2D eigenvalue weighted by molar-refractivity contribution is 6.06. The molecule has 1 saturated heterocycles. The number of benzene rings is 1. The van der Waals surface area contributed by atoms with E-state index in [2.05, 4.69) is 0 Å². The van der Waals surface area contributed by atoms with Crippen LogP contribution in [-0.2, 0) is 9.53 Å². The first-order valence-electron chi connectivity index (χ1n) is 7.79. The van der Waals surface area contributed by atoms with Gasteiger partial charge < -0.3 is 19.3 Å². The fraction of sp³-hybridized carbons (Fsp3) is 0.438. The van der Waals surface area contributed by atoms with E-state index in [1.807, 2.05) is 11.0 Å². The Balaban J connectivity index is 1.88. The molecule has 24 heavy (non-hydrogen) atoms. The van der Waals surface area contributed by atoms with Gasteiger partial charge in [0, 0.05) is 25.7 Å². The molecule has 1 fully saturated rings. The van der Waals surface area contributed by atoms with Gasteiger partial charge in [-0.3, -0.25) is 14.9 Å². The number of ether oxygens (including phenoxy) is 2. The highest BCUT2D eigenvalue weighted by Crippen LogP contribution is 2.34. The van der Waals surface area contributed by atoms with E-state index in [9.17, 15) is 14.9 Å². The summed E-state index contributed by atoms with van der Waals surface area (Å²) in [5.74, 6) is 0.205. The summed E-state index contributed by atoms with van der Waals surface area (Å²) in [5.41, 5.74) is 1.14. The van der Waals surface area contributed by atoms with E-state index in [-0.39, 0.29) is 11.6 Å². The Morgan fingerprint density at radius 3 is 2.67 bits per heavy atom. The van der Waals surface area contributed by atoms with E-state index < -0.39 is 4.92 Å². The summed E-state index contributed by atoms with van der Waals surface area (Å²) in [6.45, 7) is 3.09. The van der Waals surface area contributed by atoms with Gasteiger partial charge in [-0.15, -0.1) is 0 Å². The molecule has 0 saturated carbocycles. The van der Waals surface area contributed by atoms with Crippen molar-refractivity contribution in [1.29, 1.82) is 0 Å². The zero-order valence-electron chi connectivity index (χ0n) is 13.4. The molecule has 0 atom stereocenters. The summed E-state index contributed by atoms with van der Waals surface area (Å²) in [7, 11) is 1.44. The van der Waals surface area contributed by atoms with Crippen LogP contribution in [0.25, 0.3) is 0 Å². The molecule has 3 rings (SSSR count). The maximum Gasteiger partial charge on any atom is 0.274 e. The van der Waals surface area contributed by atoms with Crippen molar-refractivity contribution in [1.82, 2.24) is 4.90 Å². The summed E-state index contributed by atoms with van der Waals surface area (Å²) < 4.78 is 10.6. The van der Waals surface area contributed by atoms with Gasteiger partial charge in [0.05, 0.1) is 42.7 Å². The van der Waals surface area contributed by atoms with Gasteiger partial charge in [-0.25, -0.2) is 0 Å². The van der Waals surface area contributed by atoms with Crippen molar-refractivity contribution in [3.63, 3.8) is 0 Å². The number of hydrogen-bond donors (Lipinski definition) is 0. The van der Waals surface area contributed by atoms with Crippen LogP contribution in [0.5, 0.6) is 5.75 Å². The molecule has 128 valence electrons. The van der Waals surface area contributed by atoms with Crippen LogP contribution in [0.1, 0.15) is 6.42 Å². The Labute approximate surface area is 139 Å². The van der Waals surface area contributed by atoms with Crippen LogP contribution in [0.15, 0.2) is 30.0 Å². The van der Waals surface area contributed by atoms with E-state index in [4.69, 9.17) is 9.47 Å². The number of rotatable bonds is 4. The highest BCUT2D eigenvalue weighted by Gasteiger charge is 2.30. The van der Waals surface area contributed by atoms with E-state index in [1.54, 1.807) is 11.0 Å². The van der Waals surface area contributed by atoms with Crippen LogP contribution < -0.4 is 9.64 Å². The van der Waals surface area contributed by atoms with Gasteiger partial charge in [0.25, 0.3) is 11.6 Å². The minimum Gasteiger partial charge on any atom is -0.494 e. The lowest BCUT2D eigenvalue weighted by molar-refractivity contribution is -0.384. The average Bonchev–Trinajstić information content (AvgIpc) is 2.62. The van der Waals surface area contributed by atoms with Crippen LogP contribution in [-0.4, -0.2) is 55.7 Å². The summed E-state index contributed by atoms with van der Waals surface area (Å²) in [6.07, 6.45) is 2.67. The number of nitro groups is 1. The molecule has 1 aromatic carbocycles. The predicted molar refractivity (Wildman–Crippen MR) is 87.1 cm³/mol. The molecule has 1 amide bonds. The van der Waals surface area contributed by atoms with Crippen molar-refractivity contribution in [2.45, 2.75) is 6.42 Å². The minimum atomic E-state index is -0.483. The summed E-state index contributed by atoms with van der Waals surface area (Å²) in [4.78, 5) is 27.0. The Morgan fingerprint density at radius 1 is 1.25 bits per heavy atom. The number of carbonyl (C=O) groups is 1. The molecular formula is C16H19N3O5. The molecule has 0 aromatic heterocycles. The normalized spacial score (nSPS) is 18.4. The molecule has 8 heteroatoms. The minimum absolute atomic E-state index is 0.0657. The quantitative estimate of drug-likeness (QED) is 0.614. The lowest BCUT2D eigenvalue weighted by Crippen LogP contribution is -2.45. The second-order valence-electron chi connectivity index (χ2n) is 5.55. The monoisotopic (exact) mass is 333 g/mol. The van der Waals surface area contributed by atoms with Crippen LogP contribution in [0.4, 0.5) is 11.4 Å². The summed E-state index contributed by atoms with van der Waals surface area (Å²) in [6, 6.07) is 4.30. The number of carbonyl (C=O) groups excluding carboxylic acids is 1. The van der Waals surface area contributed by atoms with Crippen LogP contribution in [0.2, 0.25) is 0 Å². The molecule has 0 aliphatic carbocycles. The fourth-order valence-corrected chi connectivity index (χ4v) is 2.96. The lowest BCUT2D eigenvalue weighted by atomic mass is 10.1. The molecule has 8 nitrogen and oxygen atoms in total. The van der Waals surface area contributed by atoms with Gasteiger partial charge in [-0.05, 0) is 12.5 Å². The fourth-order valence-electron chi connectivity index (χ4n) is 2.96. The number of non-ortho nitro benzene ring substituents is 1. The second-order valence-corrected chi connectivity index (χ2v) is 5.55. The first kappa shape index (κ1) is 16.3. The van der Waals surface area contributed by atoms with Gasteiger partial charge in [-0.1, -0.05) is 6.08 Å². The molecule has 0 N–H and O–H groups in total. The second kappa shape index (κ2) is 6.88. The van der Waals surface area contributed by atoms with Crippen LogP contribution in [0.3, 0.4) is 0 Å². The molecule has 2 aliphatic heterocycles. The Bertz CT molecular complexity index is 682. The first-order chi connectivity index (χ1) is 11.6. The molecular weight excluding hydrogens is 314 g/mol. The number of hydrogen-bond acceptors (Lipinski definition) is 6. The van der Waals surface area contributed by atoms with Crippen molar-refractivity contribution in [3.8, 4) is 5.75 Å². The van der Waals surface area contributed by atoms with Crippen LogP contribution in [0, 0.1) is 10.1 Å². The van der Waals surface area contributed by atoms with Crippen molar-refractivity contribution in [2.24, 2.45) is 0 Å². The van der Waals surface area contributed by atoms with Gasteiger partial charge in [-0.2, -0.15) is 0 Å². The summed E-state index contributed by atoms with van der Waals surface area (Å²) in [5, 5.41) is 10.9. The SMILES string of the molecule is COc1cc([N+](=O)[O-])ccc1N1CCC=C(N2CCOCC2)C1=O. The van der Waals surface area contributed by atoms with Gasteiger partial charge in [0.15, 0.2) is 0 Å². The number of nitrogens with zero attached hydrogens (tertiary/aromatic N) is 3. The molecule has 2 aliphatic rings. The first-order valence-corrected chi connectivity index (χ1v) is 7.79. The van der Waals surface area contributed by atoms with Crippen molar-refractivity contribution in [2.75, 3.05) is 44.9 Å². The smallest absolute Gasteiger partial charge is 0.274 e. The van der Waals surface area contributed by atoms with Gasteiger partial charge in [0.1, 0.15) is 5.75 Å². The molecule has 2 heterocycles. The number of amides is 1. The zero-order chi connectivity index (χ0) is 17.1. The van der Waals surface area contributed by atoms with Crippen LogP contribution >= 0.6 is 0 Å². The number of nitro benzene ring substituents is 1. The third-order valence-electron chi connectivity index (χ3n) is 4.17. The van der Waals surface area contributed by atoms with E-state index in [0.717, 1.165) is 6.42 Å². The van der Waals surface area contributed by atoms with E-state index in [1.165, 1.54) is 19.2 Å². The molecule has 1 aromatic rings. The Kier molecular flexibility index (Phi) is 4.66. The van der Waals surface area contributed by atoms with Crippen molar-refractivity contribution < 1.29 is 19.2 Å². The zero-order valence-corrected chi connectivity index (χ0v) is 13.4. The van der Waals surface area contributed by atoms with Gasteiger partial charge in [0.2, 0.25) is 0 Å². The van der Waals surface area contributed by atoms with E-state index in [0.29, 0.717) is 50.0 Å². The Morgan fingerprint density at radius 2 is 2.00 bits per heavy atom. The maximum atomic E-state index is 12.9. The molecule has 0 unspecified atom stereocenters. The predicted octanol–water partition coefficient (Wildman–Crippen LogP) is 1.56. The average molecular weight is 333 g/mol. The molecule has 0 radical (unpaired) electrons. The molecule has 0 bridgehead atoms. The highest BCUT2D eigenvalue weighted by atomic mass is 16.6.